The second kappa shape index (κ2) is 6.69. The van der Waals surface area contributed by atoms with E-state index in [1.807, 2.05) is 25.4 Å². The summed E-state index contributed by atoms with van der Waals surface area (Å²) in [6.45, 7) is 2.02. The molecule has 0 saturated heterocycles. The molecule has 0 aromatic carbocycles. The fourth-order valence-corrected chi connectivity index (χ4v) is 3.75. The number of nitrogens with two attached hydrogens (primary N) is 1. The lowest BCUT2D eigenvalue weighted by Gasteiger charge is -2.30. The number of halogens is 1. The van der Waals surface area contributed by atoms with Gasteiger partial charge in [0.15, 0.2) is 5.82 Å². The van der Waals surface area contributed by atoms with Crippen LogP contribution in [0.2, 0.25) is 0 Å². The zero-order chi connectivity index (χ0) is 17.4. The van der Waals surface area contributed by atoms with Crippen molar-refractivity contribution in [2.45, 2.75) is 50.9 Å². The second-order valence-corrected chi connectivity index (χ2v) is 7.31. The summed E-state index contributed by atoms with van der Waals surface area (Å²) in [4.78, 5) is 9.31. The number of hydrogen-bond donors (Lipinski definition) is 4. The van der Waals surface area contributed by atoms with E-state index >= 15 is 0 Å². The number of fused-ring (bicyclic) bond motifs is 1. The van der Waals surface area contributed by atoms with Crippen LogP contribution in [0.15, 0.2) is 35.3 Å². The highest BCUT2D eigenvalue weighted by atomic mass is 35.5. The smallest absolute Gasteiger partial charge is 0.163 e. The third-order valence-electron chi connectivity index (χ3n) is 5.05. The zero-order valence-corrected chi connectivity index (χ0v) is 15.0. The predicted molar refractivity (Wildman–Crippen MR) is 101 cm³/mol. The summed E-state index contributed by atoms with van der Waals surface area (Å²) in [6.07, 6.45) is 12.1. The number of rotatable bonds is 3. The van der Waals surface area contributed by atoms with Crippen LogP contribution in [0.25, 0.3) is 5.57 Å². The third-order valence-corrected chi connectivity index (χ3v) is 5.27. The minimum atomic E-state index is 0.0191. The summed E-state index contributed by atoms with van der Waals surface area (Å²) in [6, 6.07) is 0.448. The molecule has 0 bridgehead atoms. The number of aryl methyl sites for hydroxylation is 1. The second-order valence-electron chi connectivity index (χ2n) is 6.88. The Morgan fingerprint density at radius 3 is 2.88 bits per heavy atom. The molecule has 1 saturated carbocycles. The van der Waals surface area contributed by atoms with Gasteiger partial charge in [0.25, 0.3) is 0 Å². The van der Waals surface area contributed by atoms with Crippen LogP contribution in [0.5, 0.6) is 0 Å². The van der Waals surface area contributed by atoms with Gasteiger partial charge in [0, 0.05) is 47.4 Å². The maximum Gasteiger partial charge on any atom is 0.163 e. The average molecular weight is 359 g/mol. The molecule has 1 aromatic heterocycles. The molecule has 3 heterocycles. The number of anilines is 1. The van der Waals surface area contributed by atoms with Crippen molar-refractivity contribution in [2.75, 3.05) is 5.32 Å². The first-order valence-electron chi connectivity index (χ1n) is 8.78. The van der Waals surface area contributed by atoms with E-state index in [-0.39, 0.29) is 18.2 Å². The SMILES string of the molecule is Cc1cnc(C2=CNC3NC=C(Cl)C=C23)nc1NC1CCCCC1N. The van der Waals surface area contributed by atoms with Gasteiger partial charge in [0.2, 0.25) is 0 Å². The van der Waals surface area contributed by atoms with E-state index < -0.39 is 0 Å². The normalized spacial score (nSPS) is 28.1. The largest absolute Gasteiger partial charge is 0.367 e. The van der Waals surface area contributed by atoms with Gasteiger partial charge in [-0.2, -0.15) is 0 Å². The Hall–Kier alpha value is -2.05. The molecule has 2 aliphatic heterocycles. The highest BCUT2D eigenvalue weighted by molar-refractivity contribution is 6.31. The monoisotopic (exact) mass is 358 g/mol. The van der Waals surface area contributed by atoms with Crippen LogP contribution >= 0.6 is 11.6 Å². The summed E-state index contributed by atoms with van der Waals surface area (Å²) in [5.41, 5.74) is 9.31. The molecular formula is C18H23ClN6. The average Bonchev–Trinajstić information content (AvgIpc) is 3.02. The van der Waals surface area contributed by atoms with Crippen molar-refractivity contribution < 1.29 is 0 Å². The molecule has 0 radical (unpaired) electrons. The molecule has 3 unspecified atom stereocenters. The van der Waals surface area contributed by atoms with Crippen LogP contribution in [0, 0.1) is 6.92 Å². The third kappa shape index (κ3) is 3.24. The van der Waals surface area contributed by atoms with Crippen LogP contribution in [-0.4, -0.2) is 28.2 Å². The van der Waals surface area contributed by atoms with Crippen LogP contribution in [0.4, 0.5) is 5.82 Å². The van der Waals surface area contributed by atoms with E-state index in [2.05, 4.69) is 20.9 Å². The minimum absolute atomic E-state index is 0.0191. The van der Waals surface area contributed by atoms with Crippen molar-refractivity contribution in [1.82, 2.24) is 20.6 Å². The number of hydrogen-bond acceptors (Lipinski definition) is 6. The minimum Gasteiger partial charge on any atom is -0.367 e. The Bertz CT molecular complexity index is 769. The van der Waals surface area contributed by atoms with Crippen molar-refractivity contribution in [3.8, 4) is 0 Å². The Labute approximate surface area is 152 Å². The maximum absolute atomic E-state index is 6.27. The molecule has 7 heteroatoms. The highest BCUT2D eigenvalue weighted by Crippen LogP contribution is 2.31. The predicted octanol–water partition coefficient (Wildman–Crippen LogP) is 2.35. The molecule has 0 spiro atoms. The summed E-state index contributed by atoms with van der Waals surface area (Å²) in [7, 11) is 0. The lowest BCUT2D eigenvalue weighted by atomic mass is 9.91. The maximum atomic E-state index is 6.27. The molecule has 3 atom stereocenters. The van der Waals surface area contributed by atoms with Crippen molar-refractivity contribution in [2.24, 2.45) is 5.73 Å². The number of nitrogens with one attached hydrogen (secondary N) is 3. The van der Waals surface area contributed by atoms with Gasteiger partial charge in [-0.3, -0.25) is 0 Å². The number of dihydropyridines is 1. The highest BCUT2D eigenvalue weighted by Gasteiger charge is 2.28. The van der Waals surface area contributed by atoms with Gasteiger partial charge in [-0.05, 0) is 25.8 Å². The first kappa shape index (κ1) is 16.4. The first-order valence-corrected chi connectivity index (χ1v) is 9.15. The quantitative estimate of drug-likeness (QED) is 0.663. The lowest BCUT2D eigenvalue weighted by molar-refractivity contribution is 0.403. The standard InChI is InChI=1S/C18H23ClN6/c1-10-7-21-18(13-9-23-17-12(13)6-11(19)8-22-17)25-16(10)24-15-5-3-2-4-14(15)20/h6-9,14-15,17,22-23H,2-5,20H2,1H3,(H,21,24,25). The van der Waals surface area contributed by atoms with E-state index in [0.29, 0.717) is 10.9 Å². The van der Waals surface area contributed by atoms with Gasteiger partial charge in [0.05, 0.1) is 5.03 Å². The van der Waals surface area contributed by atoms with Gasteiger partial charge >= 0.3 is 0 Å². The van der Waals surface area contributed by atoms with E-state index in [1.165, 1.54) is 12.8 Å². The molecule has 25 heavy (non-hydrogen) atoms. The Balaban J connectivity index is 1.60. The van der Waals surface area contributed by atoms with Gasteiger partial charge in [-0.25, -0.2) is 9.97 Å². The number of allylic oxidation sites excluding steroid dienone is 2. The Kier molecular flexibility index (Phi) is 4.39. The molecule has 1 fully saturated rings. The van der Waals surface area contributed by atoms with E-state index in [1.54, 1.807) is 6.20 Å². The summed E-state index contributed by atoms with van der Waals surface area (Å²) < 4.78 is 0. The van der Waals surface area contributed by atoms with E-state index in [9.17, 15) is 0 Å². The van der Waals surface area contributed by atoms with Crippen molar-refractivity contribution in [3.05, 3.63) is 46.7 Å². The number of aromatic nitrogens is 2. The van der Waals surface area contributed by atoms with Crippen molar-refractivity contribution in [1.29, 1.82) is 0 Å². The van der Waals surface area contributed by atoms with Crippen LogP contribution in [0.3, 0.4) is 0 Å². The first-order chi connectivity index (χ1) is 12.1. The summed E-state index contributed by atoms with van der Waals surface area (Å²) >= 11 is 6.14. The molecule has 4 rings (SSSR count). The summed E-state index contributed by atoms with van der Waals surface area (Å²) in [5, 5.41) is 10.7. The zero-order valence-electron chi connectivity index (χ0n) is 14.2. The van der Waals surface area contributed by atoms with Crippen LogP contribution in [-0.2, 0) is 0 Å². The van der Waals surface area contributed by atoms with Crippen LogP contribution in [0.1, 0.15) is 37.1 Å². The van der Waals surface area contributed by atoms with E-state index in [4.69, 9.17) is 22.3 Å². The summed E-state index contributed by atoms with van der Waals surface area (Å²) in [5.74, 6) is 1.55. The van der Waals surface area contributed by atoms with Crippen molar-refractivity contribution >= 4 is 23.0 Å². The molecule has 1 aliphatic carbocycles. The fourth-order valence-electron chi connectivity index (χ4n) is 3.57. The Morgan fingerprint density at radius 1 is 1.24 bits per heavy atom. The molecule has 3 aliphatic rings. The van der Waals surface area contributed by atoms with Crippen molar-refractivity contribution in [3.63, 3.8) is 0 Å². The number of nitrogens with zero attached hydrogens (tertiary/aromatic N) is 2. The molecular weight excluding hydrogens is 336 g/mol. The molecule has 5 N–H and O–H groups in total. The molecule has 0 amide bonds. The van der Waals surface area contributed by atoms with E-state index in [0.717, 1.165) is 35.4 Å². The van der Waals surface area contributed by atoms with Gasteiger partial charge in [0.1, 0.15) is 12.0 Å². The molecule has 1 aromatic rings. The topological polar surface area (TPSA) is 87.9 Å². The molecule has 6 nitrogen and oxygen atoms in total. The van der Waals surface area contributed by atoms with Gasteiger partial charge in [-0.1, -0.05) is 24.4 Å². The Morgan fingerprint density at radius 2 is 2.04 bits per heavy atom. The van der Waals surface area contributed by atoms with Gasteiger partial charge < -0.3 is 21.7 Å². The van der Waals surface area contributed by atoms with Crippen LogP contribution < -0.4 is 21.7 Å². The fraction of sp³-hybridized carbons (Fsp3) is 0.444. The lowest BCUT2D eigenvalue weighted by Crippen LogP contribution is -2.43. The molecule has 132 valence electrons. The van der Waals surface area contributed by atoms with Gasteiger partial charge in [-0.15, -0.1) is 0 Å².